The molecule has 2 aromatic carbocycles. The van der Waals surface area contributed by atoms with E-state index in [9.17, 15) is 9.59 Å². The smallest absolute Gasteiger partial charge is 0.244 e. The first-order valence-corrected chi connectivity index (χ1v) is 9.49. The Morgan fingerprint density at radius 2 is 1.68 bits per heavy atom. The molecule has 0 bridgehead atoms. The van der Waals surface area contributed by atoms with Crippen LogP contribution in [-0.2, 0) is 21.4 Å². The van der Waals surface area contributed by atoms with Crippen molar-refractivity contribution in [1.29, 1.82) is 0 Å². The summed E-state index contributed by atoms with van der Waals surface area (Å²) in [6, 6.07) is 15.5. The third-order valence-electron chi connectivity index (χ3n) is 4.63. The predicted molar refractivity (Wildman–Crippen MR) is 113 cm³/mol. The Balaban J connectivity index is 2.05. The van der Waals surface area contributed by atoms with Gasteiger partial charge >= 0.3 is 0 Å². The van der Waals surface area contributed by atoms with Gasteiger partial charge in [-0.2, -0.15) is 0 Å². The summed E-state index contributed by atoms with van der Waals surface area (Å²) in [4.78, 5) is 26.2. The van der Waals surface area contributed by atoms with Crippen LogP contribution in [0.25, 0.3) is 0 Å². The molecule has 0 heterocycles. The molecule has 1 N–H and O–H groups in total. The number of para-hydroxylation sites is 2. The van der Waals surface area contributed by atoms with E-state index in [2.05, 4.69) is 26.1 Å². The summed E-state index contributed by atoms with van der Waals surface area (Å²) < 4.78 is 5.36. The van der Waals surface area contributed by atoms with Crippen molar-refractivity contribution in [1.82, 2.24) is 4.90 Å². The largest absolute Gasteiger partial charge is 0.496 e. The van der Waals surface area contributed by atoms with Crippen LogP contribution in [0.15, 0.2) is 48.5 Å². The number of carbonyl (C=O) groups is 2. The zero-order valence-corrected chi connectivity index (χ0v) is 17.4. The van der Waals surface area contributed by atoms with Gasteiger partial charge in [0.2, 0.25) is 11.8 Å². The average Bonchev–Trinajstić information content (AvgIpc) is 2.64. The molecule has 0 radical (unpaired) electrons. The number of hydrogen-bond acceptors (Lipinski definition) is 3. The van der Waals surface area contributed by atoms with Crippen LogP contribution in [0.3, 0.4) is 0 Å². The molecule has 28 heavy (non-hydrogen) atoms. The zero-order valence-electron chi connectivity index (χ0n) is 17.4. The molecule has 0 aliphatic heterocycles. The van der Waals surface area contributed by atoms with Crippen LogP contribution in [0, 0.1) is 0 Å². The highest BCUT2D eigenvalue weighted by Crippen LogP contribution is 2.29. The van der Waals surface area contributed by atoms with Crippen LogP contribution in [0.5, 0.6) is 5.75 Å². The van der Waals surface area contributed by atoms with Crippen LogP contribution in [0.4, 0.5) is 5.69 Å². The molecule has 5 nitrogen and oxygen atoms in total. The van der Waals surface area contributed by atoms with Crippen LogP contribution in [0.2, 0.25) is 0 Å². The summed E-state index contributed by atoms with van der Waals surface area (Å²) in [6.07, 6.45) is 0.620. The van der Waals surface area contributed by atoms with Gasteiger partial charge in [0.05, 0.1) is 13.7 Å². The van der Waals surface area contributed by atoms with Gasteiger partial charge in [-0.25, -0.2) is 0 Å². The van der Waals surface area contributed by atoms with Gasteiger partial charge in [-0.15, -0.1) is 0 Å². The number of hydrogen-bond donors (Lipinski definition) is 1. The maximum Gasteiger partial charge on any atom is 0.244 e. The summed E-state index contributed by atoms with van der Waals surface area (Å²) in [5.74, 6) is 0.454. The molecule has 2 rings (SSSR count). The van der Waals surface area contributed by atoms with Crippen molar-refractivity contribution >= 4 is 17.5 Å². The quantitative estimate of drug-likeness (QED) is 0.787. The number of benzene rings is 2. The van der Waals surface area contributed by atoms with Crippen LogP contribution in [0.1, 0.15) is 38.8 Å². The lowest BCUT2D eigenvalue weighted by Crippen LogP contribution is -2.38. The summed E-state index contributed by atoms with van der Waals surface area (Å²) in [5.41, 5.74) is 2.77. The molecule has 0 saturated heterocycles. The van der Waals surface area contributed by atoms with Gasteiger partial charge in [0.25, 0.3) is 0 Å². The normalized spacial score (nSPS) is 11.0. The number of methoxy groups -OCH3 is 1. The molecular weight excluding hydrogens is 352 g/mol. The first kappa shape index (κ1) is 21.5. The Morgan fingerprint density at radius 3 is 2.32 bits per heavy atom. The second-order valence-corrected chi connectivity index (χ2v) is 7.85. The Kier molecular flexibility index (Phi) is 7.21. The van der Waals surface area contributed by atoms with Gasteiger partial charge in [0.1, 0.15) is 5.75 Å². The number of nitrogens with zero attached hydrogens (tertiary/aromatic N) is 1. The molecule has 0 fully saturated rings. The van der Waals surface area contributed by atoms with Crippen molar-refractivity contribution in [2.24, 2.45) is 0 Å². The van der Waals surface area contributed by atoms with E-state index in [1.807, 2.05) is 48.5 Å². The zero-order chi connectivity index (χ0) is 20.7. The number of amides is 2. The van der Waals surface area contributed by atoms with E-state index in [-0.39, 0.29) is 23.8 Å². The molecule has 0 aromatic heterocycles. The van der Waals surface area contributed by atoms with Gasteiger partial charge < -0.3 is 15.0 Å². The molecule has 0 atom stereocenters. The van der Waals surface area contributed by atoms with Gasteiger partial charge in [-0.3, -0.25) is 9.59 Å². The monoisotopic (exact) mass is 382 g/mol. The van der Waals surface area contributed by atoms with Crippen molar-refractivity contribution < 1.29 is 14.3 Å². The summed E-state index contributed by atoms with van der Waals surface area (Å²) in [7, 11) is 1.63. The van der Waals surface area contributed by atoms with E-state index < -0.39 is 0 Å². The van der Waals surface area contributed by atoms with E-state index in [1.165, 1.54) is 6.92 Å². The SMILES string of the molecule is COc1ccccc1CCN(CC(=O)Nc1ccccc1C(C)(C)C)C(C)=O. The van der Waals surface area contributed by atoms with Crippen molar-refractivity contribution in [3.05, 3.63) is 59.7 Å². The van der Waals surface area contributed by atoms with E-state index in [0.717, 1.165) is 22.6 Å². The first-order chi connectivity index (χ1) is 13.2. The Bertz CT molecular complexity index is 825. The molecule has 0 aliphatic rings. The minimum absolute atomic E-state index is 0.0168. The number of anilines is 1. The van der Waals surface area contributed by atoms with E-state index in [1.54, 1.807) is 12.0 Å². The highest BCUT2D eigenvalue weighted by molar-refractivity contribution is 5.95. The second-order valence-electron chi connectivity index (χ2n) is 7.85. The Hall–Kier alpha value is -2.82. The van der Waals surface area contributed by atoms with E-state index >= 15 is 0 Å². The molecule has 0 spiro atoms. The third kappa shape index (κ3) is 5.84. The van der Waals surface area contributed by atoms with Crippen molar-refractivity contribution in [2.75, 3.05) is 25.5 Å². The lowest BCUT2D eigenvalue weighted by Gasteiger charge is -2.24. The second kappa shape index (κ2) is 9.40. The third-order valence-corrected chi connectivity index (χ3v) is 4.63. The Labute approximate surface area is 167 Å². The minimum atomic E-state index is -0.202. The van der Waals surface area contributed by atoms with Crippen LogP contribution in [-0.4, -0.2) is 36.9 Å². The highest BCUT2D eigenvalue weighted by Gasteiger charge is 2.20. The molecule has 5 heteroatoms. The topological polar surface area (TPSA) is 58.6 Å². The predicted octanol–water partition coefficient (Wildman–Crippen LogP) is 4.02. The molecule has 0 aliphatic carbocycles. The van der Waals surface area contributed by atoms with Crippen molar-refractivity contribution in [3.63, 3.8) is 0 Å². The molecule has 2 aromatic rings. The van der Waals surface area contributed by atoms with Gasteiger partial charge in [0, 0.05) is 19.2 Å². The number of nitrogens with one attached hydrogen (secondary N) is 1. The number of carbonyl (C=O) groups excluding carboxylic acids is 2. The first-order valence-electron chi connectivity index (χ1n) is 9.49. The van der Waals surface area contributed by atoms with E-state index in [0.29, 0.717) is 13.0 Å². The fourth-order valence-corrected chi connectivity index (χ4v) is 3.12. The fraction of sp³-hybridized carbons (Fsp3) is 0.391. The fourth-order valence-electron chi connectivity index (χ4n) is 3.12. The van der Waals surface area contributed by atoms with E-state index in [4.69, 9.17) is 4.74 Å². The molecule has 150 valence electrons. The Morgan fingerprint density at radius 1 is 1.04 bits per heavy atom. The van der Waals surface area contributed by atoms with Crippen molar-refractivity contribution in [3.8, 4) is 5.75 Å². The van der Waals surface area contributed by atoms with Gasteiger partial charge in [-0.1, -0.05) is 57.2 Å². The standard InChI is InChI=1S/C23H30N2O3/c1-17(26)25(15-14-18-10-6-9-13-21(18)28-5)16-22(27)24-20-12-8-7-11-19(20)23(2,3)4/h6-13H,14-16H2,1-5H3,(H,24,27). The number of rotatable bonds is 7. The number of ether oxygens (including phenoxy) is 1. The maximum atomic E-state index is 12.6. The summed E-state index contributed by atoms with van der Waals surface area (Å²) in [5, 5.41) is 2.97. The highest BCUT2D eigenvalue weighted by atomic mass is 16.5. The summed E-state index contributed by atoms with van der Waals surface area (Å²) >= 11 is 0. The molecule has 2 amide bonds. The van der Waals surface area contributed by atoms with Crippen LogP contribution >= 0.6 is 0 Å². The lowest BCUT2D eigenvalue weighted by atomic mass is 9.86. The molecule has 0 unspecified atom stereocenters. The summed E-state index contributed by atoms with van der Waals surface area (Å²) in [6.45, 7) is 8.26. The molecular formula is C23H30N2O3. The van der Waals surface area contributed by atoms with Gasteiger partial charge in [-0.05, 0) is 35.1 Å². The van der Waals surface area contributed by atoms with Gasteiger partial charge in [0.15, 0.2) is 0 Å². The minimum Gasteiger partial charge on any atom is -0.496 e. The lowest BCUT2D eigenvalue weighted by molar-refractivity contribution is -0.132. The molecule has 0 saturated carbocycles. The van der Waals surface area contributed by atoms with Crippen LogP contribution < -0.4 is 10.1 Å². The van der Waals surface area contributed by atoms with Crippen molar-refractivity contribution in [2.45, 2.75) is 39.5 Å². The average molecular weight is 383 g/mol. The maximum absolute atomic E-state index is 12.6.